The summed E-state index contributed by atoms with van der Waals surface area (Å²) in [6.45, 7) is 0.105. The molecule has 1 fully saturated rings. The molecule has 14 heavy (non-hydrogen) atoms. The second kappa shape index (κ2) is 3.16. The maximum Gasteiger partial charge on any atom is 0.263 e. The van der Waals surface area contributed by atoms with E-state index in [-0.39, 0.29) is 24.2 Å². The van der Waals surface area contributed by atoms with Crippen molar-refractivity contribution < 1.29 is 9.59 Å². The molecule has 0 atom stereocenters. The Balaban J connectivity index is 2.33. The van der Waals surface area contributed by atoms with Crippen LogP contribution in [-0.2, 0) is 9.59 Å². The molecule has 1 aliphatic heterocycles. The summed E-state index contributed by atoms with van der Waals surface area (Å²) in [5.41, 5.74) is 4.45. The van der Waals surface area contributed by atoms with Gasteiger partial charge in [0.25, 0.3) is 5.91 Å². The van der Waals surface area contributed by atoms with E-state index in [9.17, 15) is 9.59 Å². The van der Waals surface area contributed by atoms with E-state index in [4.69, 9.17) is 5.73 Å². The van der Waals surface area contributed by atoms with Crippen molar-refractivity contribution in [3.8, 4) is 0 Å². The first-order valence-corrected chi connectivity index (χ1v) is 4.82. The number of nitrogens with two attached hydrogens (primary N) is 1. The van der Waals surface area contributed by atoms with Crippen LogP contribution < -0.4 is 11.1 Å². The topological polar surface area (TPSA) is 84.5 Å². The fraction of sp³-hybridized carbons (Fsp3) is 0.667. The number of hydrogen-bond acceptors (Lipinski definition) is 3. The fourth-order valence-corrected chi connectivity index (χ4v) is 2.12. The van der Waals surface area contributed by atoms with Crippen LogP contribution in [0.5, 0.6) is 0 Å². The highest BCUT2D eigenvalue weighted by molar-refractivity contribution is 6.19. The monoisotopic (exact) mass is 195 g/mol. The second-order valence-electron chi connectivity index (χ2n) is 3.81. The second-order valence-corrected chi connectivity index (χ2v) is 3.81. The summed E-state index contributed by atoms with van der Waals surface area (Å²) in [7, 11) is 0. The molecule has 1 saturated carbocycles. The average Bonchev–Trinajstić information content (AvgIpc) is 2.64. The van der Waals surface area contributed by atoms with Gasteiger partial charge in [-0.1, -0.05) is 12.8 Å². The number of nitrogens with one attached hydrogen (secondary N) is 1. The lowest BCUT2D eigenvalue weighted by Gasteiger charge is -2.28. The Morgan fingerprint density at radius 2 is 2.00 bits per heavy atom. The Morgan fingerprint density at radius 3 is 2.50 bits per heavy atom. The van der Waals surface area contributed by atoms with Crippen LogP contribution in [0, 0.1) is 5.41 Å². The Bertz CT molecular complexity index is 316. The molecule has 0 unspecified atom stereocenters. The van der Waals surface area contributed by atoms with Crippen molar-refractivity contribution >= 4 is 17.6 Å². The summed E-state index contributed by atoms with van der Waals surface area (Å²) in [5, 5.41) is 2.59. The molecule has 76 valence electrons. The first-order valence-electron chi connectivity index (χ1n) is 4.82. The minimum absolute atomic E-state index is 0.105. The fourth-order valence-electron chi connectivity index (χ4n) is 2.12. The molecule has 0 aromatic carbocycles. The molecule has 0 aromatic heterocycles. The number of amides is 2. The van der Waals surface area contributed by atoms with Crippen LogP contribution in [0.1, 0.15) is 25.7 Å². The lowest BCUT2D eigenvalue weighted by molar-refractivity contribution is -0.141. The number of nitrogens with zero attached hydrogens (tertiary/aromatic N) is 1. The van der Waals surface area contributed by atoms with E-state index in [0.717, 1.165) is 12.8 Å². The van der Waals surface area contributed by atoms with E-state index in [1.54, 1.807) is 0 Å². The molecule has 5 nitrogen and oxygen atoms in total. The maximum absolute atomic E-state index is 11.7. The zero-order valence-corrected chi connectivity index (χ0v) is 7.88. The van der Waals surface area contributed by atoms with Crippen LogP contribution in [0.3, 0.4) is 0 Å². The summed E-state index contributed by atoms with van der Waals surface area (Å²) >= 11 is 0. The van der Waals surface area contributed by atoms with Gasteiger partial charge in [0.05, 0.1) is 6.54 Å². The smallest absolute Gasteiger partial charge is 0.263 e. The lowest BCUT2D eigenvalue weighted by Crippen LogP contribution is -2.52. The van der Waals surface area contributed by atoms with Crippen LogP contribution in [0.4, 0.5) is 0 Å². The molecular weight excluding hydrogens is 182 g/mol. The number of amidine groups is 1. The van der Waals surface area contributed by atoms with Crippen LogP contribution in [-0.4, -0.2) is 24.2 Å². The van der Waals surface area contributed by atoms with Gasteiger partial charge in [-0.3, -0.25) is 9.59 Å². The van der Waals surface area contributed by atoms with E-state index in [1.807, 2.05) is 0 Å². The minimum atomic E-state index is -0.862. The van der Waals surface area contributed by atoms with Gasteiger partial charge in [-0.15, -0.1) is 0 Å². The first kappa shape index (κ1) is 9.33. The Kier molecular flexibility index (Phi) is 2.11. The van der Waals surface area contributed by atoms with Crippen molar-refractivity contribution in [1.82, 2.24) is 5.32 Å². The average molecular weight is 195 g/mol. The molecule has 0 radical (unpaired) electrons. The van der Waals surface area contributed by atoms with Gasteiger partial charge >= 0.3 is 0 Å². The van der Waals surface area contributed by atoms with Gasteiger partial charge in [0.15, 0.2) is 0 Å². The predicted octanol–water partition coefficient (Wildman–Crippen LogP) is -0.440. The van der Waals surface area contributed by atoms with E-state index < -0.39 is 5.41 Å². The van der Waals surface area contributed by atoms with Crippen molar-refractivity contribution in [1.29, 1.82) is 0 Å². The summed E-state index contributed by atoms with van der Waals surface area (Å²) in [6.07, 6.45) is 3.09. The van der Waals surface area contributed by atoms with Gasteiger partial charge in [-0.2, -0.15) is 4.99 Å². The highest BCUT2D eigenvalue weighted by atomic mass is 16.2. The summed E-state index contributed by atoms with van der Waals surface area (Å²) in [4.78, 5) is 27.2. The summed E-state index contributed by atoms with van der Waals surface area (Å²) in [6, 6.07) is 0. The molecule has 2 aliphatic rings. The summed E-state index contributed by atoms with van der Waals surface area (Å²) < 4.78 is 0. The molecule has 1 spiro atoms. The molecule has 0 aromatic rings. The highest BCUT2D eigenvalue weighted by Crippen LogP contribution is 2.40. The van der Waals surface area contributed by atoms with E-state index in [1.165, 1.54) is 0 Å². The van der Waals surface area contributed by atoms with Crippen molar-refractivity contribution in [3.05, 3.63) is 0 Å². The molecule has 2 amide bonds. The van der Waals surface area contributed by atoms with Gasteiger partial charge in [0, 0.05) is 0 Å². The van der Waals surface area contributed by atoms with Gasteiger partial charge < -0.3 is 11.1 Å². The third-order valence-corrected chi connectivity index (χ3v) is 2.99. The predicted molar refractivity (Wildman–Crippen MR) is 50.5 cm³/mol. The van der Waals surface area contributed by atoms with Crippen LogP contribution >= 0.6 is 0 Å². The molecule has 1 heterocycles. The largest absolute Gasteiger partial charge is 0.324 e. The maximum atomic E-state index is 11.7. The SMILES string of the molecule is NCC1=NC(=O)C2(CCCC2)C(=O)N1. The molecule has 0 bridgehead atoms. The van der Waals surface area contributed by atoms with Gasteiger partial charge in [-0.05, 0) is 12.8 Å². The van der Waals surface area contributed by atoms with Gasteiger partial charge in [0.2, 0.25) is 5.91 Å². The highest BCUT2D eigenvalue weighted by Gasteiger charge is 2.50. The molecular formula is C9H13N3O2. The molecule has 1 aliphatic carbocycles. The Labute approximate surface area is 81.8 Å². The van der Waals surface area contributed by atoms with Crippen molar-refractivity contribution in [3.63, 3.8) is 0 Å². The van der Waals surface area contributed by atoms with Crippen molar-refractivity contribution in [2.24, 2.45) is 16.1 Å². The van der Waals surface area contributed by atoms with Crippen LogP contribution in [0.15, 0.2) is 4.99 Å². The Hall–Kier alpha value is -1.23. The van der Waals surface area contributed by atoms with Crippen LogP contribution in [0.2, 0.25) is 0 Å². The molecule has 2 rings (SSSR count). The first-order chi connectivity index (χ1) is 6.69. The lowest BCUT2D eigenvalue weighted by atomic mass is 9.83. The van der Waals surface area contributed by atoms with E-state index in [2.05, 4.69) is 10.3 Å². The van der Waals surface area contributed by atoms with Crippen LogP contribution in [0.25, 0.3) is 0 Å². The number of carbonyl (C=O) groups is 2. The molecule has 5 heteroatoms. The zero-order valence-electron chi connectivity index (χ0n) is 7.88. The molecule has 0 saturated heterocycles. The normalized spacial score (nSPS) is 25.1. The van der Waals surface area contributed by atoms with E-state index >= 15 is 0 Å². The van der Waals surface area contributed by atoms with Crippen molar-refractivity contribution in [2.45, 2.75) is 25.7 Å². The number of carbonyl (C=O) groups excluding carboxylic acids is 2. The summed E-state index contributed by atoms with van der Waals surface area (Å²) in [5.74, 6) is -0.229. The Morgan fingerprint density at radius 1 is 1.36 bits per heavy atom. The number of rotatable bonds is 1. The van der Waals surface area contributed by atoms with E-state index in [0.29, 0.717) is 12.8 Å². The van der Waals surface area contributed by atoms with Gasteiger partial charge in [0.1, 0.15) is 11.3 Å². The minimum Gasteiger partial charge on any atom is -0.324 e. The molecule has 3 N–H and O–H groups in total. The third kappa shape index (κ3) is 1.16. The zero-order chi connectivity index (χ0) is 10.2. The van der Waals surface area contributed by atoms with Crippen molar-refractivity contribution in [2.75, 3.05) is 6.54 Å². The number of hydrogen-bond donors (Lipinski definition) is 2. The number of aliphatic imine (C=N–C) groups is 1. The van der Waals surface area contributed by atoms with Gasteiger partial charge in [-0.25, -0.2) is 0 Å². The third-order valence-electron chi connectivity index (χ3n) is 2.99. The standard InChI is InChI=1S/C9H13N3O2/c10-5-6-11-7(13)9(8(14)12-6)3-1-2-4-9/h1-5,10H2,(H,11,12,13,14). The quantitative estimate of drug-likeness (QED) is 0.556.